The number of Topliss-reactive ketones (excluding diaryl/α,β-unsaturated/α-hetero) is 1. The smallest absolute Gasteiger partial charge is 0.322 e. The number of nitrogens with zero attached hydrogens (tertiary/aromatic N) is 1. The summed E-state index contributed by atoms with van der Waals surface area (Å²) >= 11 is 0. The number of methoxy groups -OCH3 is 1. The minimum atomic E-state index is -1.29. The van der Waals surface area contributed by atoms with Crippen molar-refractivity contribution >= 4 is 11.8 Å². The van der Waals surface area contributed by atoms with Gasteiger partial charge in [0.15, 0.2) is 11.2 Å². The second kappa shape index (κ2) is 7.20. The third kappa shape index (κ3) is 2.50. The summed E-state index contributed by atoms with van der Waals surface area (Å²) in [7, 11) is 3.75. The molecule has 4 aliphatic rings. The van der Waals surface area contributed by atoms with Crippen molar-refractivity contribution in [3.8, 4) is 5.75 Å². The highest BCUT2D eigenvalue weighted by Crippen LogP contribution is 2.65. The van der Waals surface area contributed by atoms with Crippen LogP contribution in [0.5, 0.6) is 5.75 Å². The highest BCUT2D eigenvalue weighted by atomic mass is 16.5. The van der Waals surface area contributed by atoms with Crippen LogP contribution in [0.4, 0.5) is 0 Å². The van der Waals surface area contributed by atoms with E-state index in [1.165, 1.54) is 17.4 Å². The summed E-state index contributed by atoms with van der Waals surface area (Å²) in [5.41, 5.74) is 1.15. The zero-order valence-electron chi connectivity index (χ0n) is 19.4. The van der Waals surface area contributed by atoms with Gasteiger partial charge in [0.05, 0.1) is 20.0 Å². The Morgan fingerprint density at radius 2 is 2.06 bits per heavy atom. The van der Waals surface area contributed by atoms with Crippen LogP contribution in [0.15, 0.2) is 41.0 Å². The number of hydrogen-bond acceptors (Lipinski definition) is 6. The van der Waals surface area contributed by atoms with Crippen LogP contribution >= 0.6 is 0 Å². The van der Waals surface area contributed by atoms with Gasteiger partial charge in [-0.3, -0.25) is 14.5 Å². The molecule has 1 aromatic carbocycles. The Bertz CT molecular complexity index is 1060. The van der Waals surface area contributed by atoms with E-state index in [2.05, 4.69) is 37.9 Å². The molecule has 170 valence electrons. The van der Waals surface area contributed by atoms with Crippen molar-refractivity contribution in [1.82, 2.24) is 4.90 Å². The predicted molar refractivity (Wildman–Crippen MR) is 119 cm³/mol. The Kier molecular flexibility index (Phi) is 4.79. The van der Waals surface area contributed by atoms with Crippen LogP contribution in [0.25, 0.3) is 0 Å². The van der Waals surface area contributed by atoms with Gasteiger partial charge in [0, 0.05) is 12.1 Å². The van der Waals surface area contributed by atoms with E-state index in [0.29, 0.717) is 6.42 Å². The fourth-order valence-corrected chi connectivity index (χ4v) is 7.36. The zero-order chi connectivity index (χ0) is 22.8. The number of carbonyl (C=O) groups is 2. The van der Waals surface area contributed by atoms with Crippen LogP contribution < -0.4 is 4.74 Å². The lowest BCUT2D eigenvalue weighted by atomic mass is 9.41. The van der Waals surface area contributed by atoms with Crippen molar-refractivity contribution in [1.29, 1.82) is 0 Å². The molecule has 6 atom stereocenters. The number of rotatable bonds is 5. The Hall–Kier alpha value is -2.60. The van der Waals surface area contributed by atoms with Gasteiger partial charge in [-0.1, -0.05) is 19.9 Å². The first-order valence-corrected chi connectivity index (χ1v) is 11.5. The minimum Gasteiger partial charge on any atom is -0.497 e. The van der Waals surface area contributed by atoms with Crippen molar-refractivity contribution < 1.29 is 23.5 Å². The Morgan fingerprint density at radius 1 is 1.28 bits per heavy atom. The van der Waals surface area contributed by atoms with E-state index in [4.69, 9.17) is 13.9 Å². The maximum Gasteiger partial charge on any atom is 0.322 e. The van der Waals surface area contributed by atoms with Gasteiger partial charge in [-0.05, 0) is 79.5 Å². The monoisotopic (exact) mass is 437 g/mol. The first-order chi connectivity index (χ1) is 15.3. The van der Waals surface area contributed by atoms with E-state index in [1.54, 1.807) is 26.2 Å². The molecule has 6 heteroatoms. The van der Waals surface area contributed by atoms with Gasteiger partial charge in [-0.15, -0.1) is 0 Å². The number of esters is 1. The van der Waals surface area contributed by atoms with E-state index in [0.717, 1.165) is 12.2 Å². The molecule has 6 unspecified atom stereocenters. The van der Waals surface area contributed by atoms with Gasteiger partial charge in [-0.2, -0.15) is 0 Å². The Morgan fingerprint density at radius 3 is 2.72 bits per heavy atom. The lowest BCUT2D eigenvalue weighted by Crippen LogP contribution is -2.77. The van der Waals surface area contributed by atoms with Crippen LogP contribution in [-0.2, 0) is 21.4 Å². The first kappa shape index (κ1) is 21.3. The maximum absolute atomic E-state index is 14.0. The average Bonchev–Trinajstić information content (AvgIpc) is 3.31. The van der Waals surface area contributed by atoms with E-state index in [9.17, 15) is 9.59 Å². The van der Waals surface area contributed by atoms with E-state index >= 15 is 0 Å². The highest BCUT2D eigenvalue weighted by molar-refractivity contribution is 6.12. The van der Waals surface area contributed by atoms with Crippen LogP contribution in [0.2, 0.25) is 0 Å². The molecule has 32 heavy (non-hydrogen) atoms. The molecule has 0 N–H and O–H groups in total. The van der Waals surface area contributed by atoms with Crippen LogP contribution in [0.1, 0.15) is 48.9 Å². The fraction of sp³-hybridized carbons (Fsp3) is 0.538. The third-order valence-corrected chi connectivity index (χ3v) is 8.66. The molecular weight excluding hydrogens is 406 g/mol. The molecule has 6 rings (SSSR count). The normalized spacial score (nSPS) is 35.3. The molecule has 2 aliphatic heterocycles. The third-order valence-electron chi connectivity index (χ3n) is 8.66. The quantitative estimate of drug-likeness (QED) is 0.402. The molecule has 0 amide bonds. The van der Waals surface area contributed by atoms with Crippen molar-refractivity contribution in [2.24, 2.45) is 17.3 Å². The zero-order valence-corrected chi connectivity index (χ0v) is 19.4. The number of fused-ring (bicyclic) bond motifs is 2. The average molecular weight is 438 g/mol. The van der Waals surface area contributed by atoms with Crippen LogP contribution in [-0.4, -0.2) is 49.5 Å². The highest BCUT2D eigenvalue weighted by Gasteiger charge is 2.73. The molecule has 3 heterocycles. The number of ether oxygens (including phenoxy) is 2. The van der Waals surface area contributed by atoms with Gasteiger partial charge in [0.2, 0.25) is 5.78 Å². The number of carbonyl (C=O) groups excluding carboxylic acids is 2. The van der Waals surface area contributed by atoms with Crippen molar-refractivity contribution in [3.63, 3.8) is 0 Å². The van der Waals surface area contributed by atoms with Gasteiger partial charge in [0.25, 0.3) is 0 Å². The molecule has 6 nitrogen and oxygen atoms in total. The van der Waals surface area contributed by atoms with Crippen molar-refractivity contribution in [2.45, 2.75) is 51.1 Å². The SMILES string of the molecule is CCOC(=O)C1(C(=O)c2ccco2)C(C)C2C3Cc4ccc(OC)cc4C2(C)CC1N3C. The molecule has 4 bridgehead atoms. The Balaban J connectivity index is 1.69. The molecule has 2 aromatic rings. The van der Waals surface area contributed by atoms with Crippen LogP contribution in [0, 0.1) is 17.3 Å². The maximum atomic E-state index is 14.0. The van der Waals surface area contributed by atoms with Crippen molar-refractivity contribution in [3.05, 3.63) is 53.5 Å². The lowest BCUT2D eigenvalue weighted by molar-refractivity contribution is -0.191. The molecular formula is C26H31NO5. The van der Waals surface area contributed by atoms with E-state index in [-0.39, 0.29) is 47.5 Å². The topological polar surface area (TPSA) is 69.0 Å². The molecule has 0 spiro atoms. The summed E-state index contributed by atoms with van der Waals surface area (Å²) in [6.07, 6.45) is 3.07. The van der Waals surface area contributed by atoms with Gasteiger partial charge in [-0.25, -0.2) is 0 Å². The summed E-state index contributed by atoms with van der Waals surface area (Å²) in [4.78, 5) is 29.9. The standard InChI is InChI=1S/C26H31NO5/c1-6-31-24(29)26(23(28)20-8-7-11-32-20)15(2)22-19-12-16-9-10-17(30-5)13-18(16)25(22,3)14-21(26)27(19)4/h7-11,13,15,19,21-22H,6,12,14H2,1-5H3. The number of piperidine rings is 2. The molecule has 2 saturated heterocycles. The fourth-order valence-electron chi connectivity index (χ4n) is 7.36. The van der Waals surface area contributed by atoms with E-state index < -0.39 is 11.4 Å². The van der Waals surface area contributed by atoms with Gasteiger partial charge < -0.3 is 13.9 Å². The molecule has 2 aliphatic carbocycles. The largest absolute Gasteiger partial charge is 0.497 e. The predicted octanol–water partition coefficient (Wildman–Crippen LogP) is 3.87. The number of benzene rings is 1. The number of ketones is 1. The summed E-state index contributed by atoms with van der Waals surface area (Å²) < 4.78 is 16.6. The summed E-state index contributed by atoms with van der Waals surface area (Å²) in [6, 6.07) is 9.66. The second-order valence-corrected chi connectivity index (χ2v) is 9.81. The lowest BCUT2D eigenvalue weighted by Gasteiger charge is -2.69. The molecule has 3 fully saturated rings. The van der Waals surface area contributed by atoms with E-state index in [1.807, 2.05) is 6.07 Å². The summed E-state index contributed by atoms with van der Waals surface area (Å²) in [5.74, 6) is 0.284. The second-order valence-electron chi connectivity index (χ2n) is 9.81. The molecule has 1 saturated carbocycles. The molecule has 1 aromatic heterocycles. The Labute approximate surface area is 188 Å². The number of likely N-dealkylation sites (N-methyl/N-ethyl adjacent to an activating group) is 1. The number of furan rings is 1. The van der Waals surface area contributed by atoms with Crippen LogP contribution in [0.3, 0.4) is 0 Å². The first-order valence-electron chi connectivity index (χ1n) is 11.5. The summed E-state index contributed by atoms with van der Waals surface area (Å²) in [6.45, 7) is 6.39. The minimum absolute atomic E-state index is 0.112. The summed E-state index contributed by atoms with van der Waals surface area (Å²) in [5, 5.41) is 0. The van der Waals surface area contributed by atoms with Crippen molar-refractivity contribution in [2.75, 3.05) is 20.8 Å². The van der Waals surface area contributed by atoms with Gasteiger partial charge >= 0.3 is 5.97 Å². The van der Waals surface area contributed by atoms with Gasteiger partial charge in [0.1, 0.15) is 5.75 Å². The molecule has 0 radical (unpaired) electrons. The number of hydrogen-bond donors (Lipinski definition) is 0.